The molecular formula is C17H18O3. The number of methoxy groups -OCH3 is 1. The minimum Gasteiger partial charge on any atom is -0.497 e. The largest absolute Gasteiger partial charge is 0.497 e. The number of hydrogen-bond donors (Lipinski definition) is 1. The van der Waals surface area contributed by atoms with Crippen molar-refractivity contribution in [2.75, 3.05) is 13.7 Å². The lowest BCUT2D eigenvalue weighted by atomic mass is 9.88. The lowest BCUT2D eigenvalue weighted by Gasteiger charge is -2.30. The average Bonchev–Trinajstić information content (AvgIpc) is 2.51. The van der Waals surface area contributed by atoms with Gasteiger partial charge in [-0.1, -0.05) is 30.3 Å². The Hall–Kier alpha value is -2.00. The third kappa shape index (κ3) is 2.49. The number of aliphatic hydroxyl groups is 1. The number of benzene rings is 2. The van der Waals surface area contributed by atoms with Crippen LogP contribution in [-0.4, -0.2) is 18.8 Å². The third-order valence-corrected chi connectivity index (χ3v) is 3.78. The van der Waals surface area contributed by atoms with Gasteiger partial charge in [-0.25, -0.2) is 0 Å². The zero-order valence-corrected chi connectivity index (χ0v) is 11.5. The molecule has 0 aliphatic carbocycles. The summed E-state index contributed by atoms with van der Waals surface area (Å²) in [5.41, 5.74) is 2.03. The first kappa shape index (κ1) is 13.0. The second-order valence-corrected chi connectivity index (χ2v) is 5.11. The van der Waals surface area contributed by atoms with Crippen LogP contribution in [0.2, 0.25) is 0 Å². The zero-order valence-electron chi connectivity index (χ0n) is 11.5. The predicted molar refractivity (Wildman–Crippen MR) is 77.1 cm³/mol. The van der Waals surface area contributed by atoms with Crippen LogP contribution in [0.3, 0.4) is 0 Å². The molecule has 2 aromatic carbocycles. The maximum Gasteiger partial charge on any atom is 0.125 e. The van der Waals surface area contributed by atoms with E-state index >= 15 is 0 Å². The van der Waals surface area contributed by atoms with Crippen molar-refractivity contribution in [2.24, 2.45) is 5.92 Å². The van der Waals surface area contributed by atoms with E-state index in [0.717, 1.165) is 23.5 Å². The van der Waals surface area contributed by atoms with Crippen LogP contribution >= 0.6 is 0 Å². The molecule has 3 rings (SSSR count). The molecule has 2 atom stereocenters. The average molecular weight is 270 g/mol. The number of fused-ring (bicyclic) bond motifs is 1. The summed E-state index contributed by atoms with van der Waals surface area (Å²) < 4.78 is 11.0. The van der Waals surface area contributed by atoms with Gasteiger partial charge in [-0.3, -0.25) is 0 Å². The molecule has 0 radical (unpaired) electrons. The number of hydrogen-bond acceptors (Lipinski definition) is 3. The van der Waals surface area contributed by atoms with Crippen LogP contribution in [0.5, 0.6) is 11.5 Å². The SMILES string of the molecule is COc1ccc2c(c1)C(O)C(Cc1ccccc1)CO2. The Morgan fingerprint density at radius 3 is 2.75 bits per heavy atom. The van der Waals surface area contributed by atoms with E-state index in [2.05, 4.69) is 12.1 Å². The molecular weight excluding hydrogens is 252 g/mol. The highest BCUT2D eigenvalue weighted by Crippen LogP contribution is 2.38. The van der Waals surface area contributed by atoms with Crippen molar-refractivity contribution in [2.45, 2.75) is 12.5 Å². The van der Waals surface area contributed by atoms with E-state index in [9.17, 15) is 5.11 Å². The molecule has 1 aliphatic rings. The Labute approximate surface area is 118 Å². The van der Waals surface area contributed by atoms with Gasteiger partial charge in [-0.15, -0.1) is 0 Å². The van der Waals surface area contributed by atoms with Gasteiger partial charge in [-0.2, -0.15) is 0 Å². The van der Waals surface area contributed by atoms with E-state index < -0.39 is 6.10 Å². The molecule has 0 amide bonds. The topological polar surface area (TPSA) is 38.7 Å². The highest BCUT2D eigenvalue weighted by atomic mass is 16.5. The molecule has 1 N–H and O–H groups in total. The normalized spacial score (nSPS) is 20.9. The van der Waals surface area contributed by atoms with Crippen LogP contribution in [0.25, 0.3) is 0 Å². The molecule has 1 heterocycles. The Balaban J connectivity index is 1.83. The van der Waals surface area contributed by atoms with Crippen LogP contribution in [-0.2, 0) is 6.42 Å². The second kappa shape index (κ2) is 5.55. The minimum atomic E-state index is -0.519. The van der Waals surface area contributed by atoms with Crippen molar-refractivity contribution in [3.8, 4) is 11.5 Å². The molecule has 0 fully saturated rings. The zero-order chi connectivity index (χ0) is 13.9. The Bertz CT molecular complexity index is 580. The molecule has 3 heteroatoms. The van der Waals surface area contributed by atoms with Crippen LogP contribution < -0.4 is 9.47 Å². The van der Waals surface area contributed by atoms with Crippen LogP contribution in [0, 0.1) is 5.92 Å². The molecule has 2 unspecified atom stereocenters. The van der Waals surface area contributed by atoms with E-state index in [-0.39, 0.29) is 5.92 Å². The minimum absolute atomic E-state index is 0.0667. The van der Waals surface area contributed by atoms with Crippen LogP contribution in [0.4, 0.5) is 0 Å². The summed E-state index contributed by atoms with van der Waals surface area (Å²) in [4.78, 5) is 0. The molecule has 0 saturated carbocycles. The first-order chi connectivity index (χ1) is 9.78. The summed E-state index contributed by atoms with van der Waals surface area (Å²) in [6.45, 7) is 0.537. The first-order valence-electron chi connectivity index (χ1n) is 6.80. The second-order valence-electron chi connectivity index (χ2n) is 5.11. The Morgan fingerprint density at radius 1 is 1.20 bits per heavy atom. The molecule has 0 saturated heterocycles. The lowest BCUT2D eigenvalue weighted by Crippen LogP contribution is -2.27. The van der Waals surface area contributed by atoms with E-state index in [1.165, 1.54) is 5.56 Å². The van der Waals surface area contributed by atoms with E-state index in [1.807, 2.05) is 36.4 Å². The Morgan fingerprint density at radius 2 is 2.00 bits per heavy atom. The Kier molecular flexibility index (Phi) is 3.61. The molecule has 0 aromatic heterocycles. The summed E-state index contributed by atoms with van der Waals surface area (Å²) >= 11 is 0. The van der Waals surface area contributed by atoms with Gasteiger partial charge in [0, 0.05) is 11.5 Å². The quantitative estimate of drug-likeness (QED) is 0.932. The maximum absolute atomic E-state index is 10.6. The molecule has 104 valence electrons. The van der Waals surface area contributed by atoms with Gasteiger partial charge in [0.2, 0.25) is 0 Å². The molecule has 0 bridgehead atoms. The highest BCUT2D eigenvalue weighted by Gasteiger charge is 2.29. The number of rotatable bonds is 3. The monoisotopic (exact) mass is 270 g/mol. The standard InChI is InChI=1S/C17H18O3/c1-19-14-7-8-16-15(10-14)17(18)13(11-20-16)9-12-5-3-2-4-6-12/h2-8,10,13,17-18H,9,11H2,1H3. The number of ether oxygens (including phenoxy) is 2. The lowest BCUT2D eigenvalue weighted by molar-refractivity contribution is 0.0505. The van der Waals surface area contributed by atoms with Crippen molar-refractivity contribution in [1.82, 2.24) is 0 Å². The predicted octanol–water partition coefficient (Wildman–Crippen LogP) is 2.98. The summed E-state index contributed by atoms with van der Waals surface area (Å²) in [7, 11) is 1.62. The van der Waals surface area contributed by atoms with Crippen molar-refractivity contribution in [1.29, 1.82) is 0 Å². The van der Waals surface area contributed by atoms with Crippen molar-refractivity contribution < 1.29 is 14.6 Å². The van der Waals surface area contributed by atoms with Crippen LogP contribution in [0.1, 0.15) is 17.2 Å². The van der Waals surface area contributed by atoms with Gasteiger partial charge in [0.1, 0.15) is 11.5 Å². The number of aliphatic hydroxyl groups excluding tert-OH is 1. The maximum atomic E-state index is 10.6. The van der Waals surface area contributed by atoms with Gasteiger partial charge in [-0.05, 0) is 30.2 Å². The van der Waals surface area contributed by atoms with Crippen molar-refractivity contribution in [3.63, 3.8) is 0 Å². The molecule has 2 aromatic rings. The summed E-state index contributed by atoms with van der Waals surface area (Å²) in [6, 6.07) is 15.8. The summed E-state index contributed by atoms with van der Waals surface area (Å²) in [5, 5.41) is 10.6. The van der Waals surface area contributed by atoms with Crippen LogP contribution in [0.15, 0.2) is 48.5 Å². The van der Waals surface area contributed by atoms with Gasteiger partial charge in [0.25, 0.3) is 0 Å². The molecule has 3 nitrogen and oxygen atoms in total. The fourth-order valence-corrected chi connectivity index (χ4v) is 2.65. The smallest absolute Gasteiger partial charge is 0.125 e. The fraction of sp³-hybridized carbons (Fsp3) is 0.294. The molecule has 20 heavy (non-hydrogen) atoms. The van der Waals surface area contributed by atoms with Crippen molar-refractivity contribution >= 4 is 0 Å². The van der Waals surface area contributed by atoms with Gasteiger partial charge in [0.05, 0.1) is 19.8 Å². The van der Waals surface area contributed by atoms with E-state index in [1.54, 1.807) is 7.11 Å². The van der Waals surface area contributed by atoms with Crippen molar-refractivity contribution in [3.05, 3.63) is 59.7 Å². The highest BCUT2D eigenvalue weighted by molar-refractivity contribution is 5.43. The first-order valence-corrected chi connectivity index (χ1v) is 6.80. The van der Waals surface area contributed by atoms with E-state index in [4.69, 9.17) is 9.47 Å². The third-order valence-electron chi connectivity index (χ3n) is 3.78. The van der Waals surface area contributed by atoms with Gasteiger partial charge in [0.15, 0.2) is 0 Å². The summed E-state index contributed by atoms with van der Waals surface area (Å²) in [6.07, 6.45) is 0.285. The fourth-order valence-electron chi connectivity index (χ4n) is 2.65. The molecule has 1 aliphatic heterocycles. The molecule has 0 spiro atoms. The van der Waals surface area contributed by atoms with E-state index in [0.29, 0.717) is 6.61 Å². The van der Waals surface area contributed by atoms with Gasteiger partial charge >= 0.3 is 0 Å². The summed E-state index contributed by atoms with van der Waals surface area (Å²) in [5.74, 6) is 1.56. The van der Waals surface area contributed by atoms with Gasteiger partial charge < -0.3 is 14.6 Å².